The number of hydrogen-bond donors (Lipinski definition) is 2. The number of ether oxygens (including phenoxy) is 2. The van der Waals surface area contributed by atoms with E-state index >= 15 is 0 Å². The van der Waals surface area contributed by atoms with Gasteiger partial charge in [0.1, 0.15) is 0 Å². The monoisotopic (exact) mass is 364 g/mol. The van der Waals surface area contributed by atoms with Crippen molar-refractivity contribution in [1.82, 2.24) is 15.5 Å². The first-order valence-corrected chi connectivity index (χ1v) is 9.01. The van der Waals surface area contributed by atoms with Crippen molar-refractivity contribution in [3.8, 4) is 11.5 Å². The summed E-state index contributed by atoms with van der Waals surface area (Å²) in [7, 11) is 0. The molecule has 0 fully saturated rings. The van der Waals surface area contributed by atoms with Crippen molar-refractivity contribution < 1.29 is 14.3 Å². The molecule has 0 aliphatic carbocycles. The maximum absolute atomic E-state index is 11.9. The predicted octanol–water partition coefficient (Wildman–Crippen LogP) is 2.27. The number of thioether (sulfide) groups is 1. The summed E-state index contributed by atoms with van der Waals surface area (Å²) in [5, 5.41) is 14.7. The Morgan fingerprint density at radius 1 is 1.38 bits per heavy atom. The summed E-state index contributed by atoms with van der Waals surface area (Å²) in [6.07, 6.45) is 1.75. The van der Waals surface area contributed by atoms with E-state index in [1.807, 2.05) is 18.2 Å². The van der Waals surface area contributed by atoms with E-state index in [0.29, 0.717) is 24.6 Å². The third kappa shape index (κ3) is 4.39. The van der Waals surface area contributed by atoms with Crippen LogP contribution in [0.15, 0.2) is 35.2 Å². The summed E-state index contributed by atoms with van der Waals surface area (Å²) in [5.74, 6) is 1.68. The minimum atomic E-state index is -0.0616. The summed E-state index contributed by atoms with van der Waals surface area (Å²) in [6.45, 7) is 4.95. The molecule has 0 radical (unpaired) electrons. The molecule has 0 saturated carbocycles. The molecule has 24 heavy (non-hydrogen) atoms. The molecule has 2 aromatic rings. The van der Waals surface area contributed by atoms with E-state index in [-0.39, 0.29) is 12.7 Å². The summed E-state index contributed by atoms with van der Waals surface area (Å²) < 4.78 is 11.3. The summed E-state index contributed by atoms with van der Waals surface area (Å²) in [4.78, 5) is 11.9. The van der Waals surface area contributed by atoms with Crippen molar-refractivity contribution in [1.29, 1.82) is 0 Å². The number of nitrogens with one attached hydrogen (secondary N) is 2. The van der Waals surface area contributed by atoms with Crippen molar-refractivity contribution in [2.45, 2.75) is 10.9 Å². The lowest BCUT2D eigenvalue weighted by molar-refractivity contribution is -0.118. The number of carbonyl (C=O) groups is 1. The van der Waals surface area contributed by atoms with E-state index < -0.39 is 0 Å². The molecule has 126 valence electrons. The average Bonchev–Trinajstić information content (AvgIpc) is 3.24. The Morgan fingerprint density at radius 3 is 3.12 bits per heavy atom. The lowest BCUT2D eigenvalue weighted by Gasteiger charge is -2.05. The molecule has 1 amide bonds. The van der Waals surface area contributed by atoms with Gasteiger partial charge in [-0.25, -0.2) is 0 Å². The average molecular weight is 364 g/mol. The van der Waals surface area contributed by atoms with E-state index in [1.165, 1.54) is 23.1 Å². The zero-order valence-electron chi connectivity index (χ0n) is 12.8. The topological polar surface area (TPSA) is 85.4 Å². The lowest BCUT2D eigenvalue weighted by atomic mass is 10.2. The standard InChI is InChI=1S/C15H16N4O3S2/c1-2-5-16-14-18-19-15(24-14)23-8-13(20)17-7-10-3-4-11-12(6-10)22-9-21-11/h2-4,6H,1,5,7-9H2,(H,16,18)(H,17,20). The van der Waals surface area contributed by atoms with Gasteiger partial charge < -0.3 is 20.1 Å². The van der Waals surface area contributed by atoms with Gasteiger partial charge in [-0.3, -0.25) is 4.79 Å². The van der Waals surface area contributed by atoms with Crippen LogP contribution < -0.4 is 20.1 Å². The van der Waals surface area contributed by atoms with Gasteiger partial charge in [-0.15, -0.1) is 16.8 Å². The van der Waals surface area contributed by atoms with Crippen LogP contribution >= 0.6 is 23.1 Å². The minimum Gasteiger partial charge on any atom is -0.454 e. The molecule has 2 N–H and O–H groups in total. The van der Waals surface area contributed by atoms with E-state index in [2.05, 4.69) is 27.4 Å². The highest BCUT2D eigenvalue weighted by Gasteiger charge is 2.13. The van der Waals surface area contributed by atoms with Crippen molar-refractivity contribution in [3.63, 3.8) is 0 Å². The molecular formula is C15H16N4O3S2. The van der Waals surface area contributed by atoms with Crippen LogP contribution in [-0.4, -0.2) is 35.2 Å². The van der Waals surface area contributed by atoms with Crippen LogP contribution in [0.25, 0.3) is 0 Å². The highest BCUT2D eigenvalue weighted by Crippen LogP contribution is 2.32. The lowest BCUT2D eigenvalue weighted by Crippen LogP contribution is -2.24. The Kier molecular flexibility index (Phi) is 5.55. The van der Waals surface area contributed by atoms with Crippen LogP contribution in [0, 0.1) is 0 Å². The summed E-state index contributed by atoms with van der Waals surface area (Å²) in [6, 6.07) is 5.62. The number of aromatic nitrogens is 2. The molecule has 7 nitrogen and oxygen atoms in total. The fourth-order valence-electron chi connectivity index (χ4n) is 1.93. The van der Waals surface area contributed by atoms with Gasteiger partial charge in [0.15, 0.2) is 15.8 Å². The molecule has 0 unspecified atom stereocenters. The molecule has 2 heterocycles. The van der Waals surface area contributed by atoms with Crippen LogP contribution in [0.2, 0.25) is 0 Å². The normalized spacial score (nSPS) is 12.0. The highest BCUT2D eigenvalue weighted by molar-refractivity contribution is 8.01. The molecule has 1 aromatic carbocycles. The van der Waals surface area contributed by atoms with Crippen molar-refractivity contribution in [2.75, 3.05) is 24.4 Å². The van der Waals surface area contributed by atoms with Crippen LogP contribution in [0.5, 0.6) is 11.5 Å². The number of carbonyl (C=O) groups excluding carboxylic acids is 1. The largest absolute Gasteiger partial charge is 0.454 e. The van der Waals surface area contributed by atoms with Gasteiger partial charge in [-0.2, -0.15) is 0 Å². The number of hydrogen-bond acceptors (Lipinski definition) is 8. The van der Waals surface area contributed by atoms with Crippen LogP contribution in [-0.2, 0) is 11.3 Å². The number of anilines is 1. The fraction of sp³-hybridized carbons (Fsp3) is 0.267. The number of amides is 1. The van der Waals surface area contributed by atoms with E-state index in [4.69, 9.17) is 9.47 Å². The van der Waals surface area contributed by atoms with Gasteiger partial charge in [-0.1, -0.05) is 35.2 Å². The van der Waals surface area contributed by atoms with Gasteiger partial charge in [0, 0.05) is 13.1 Å². The zero-order valence-corrected chi connectivity index (χ0v) is 14.4. The molecule has 1 aliphatic rings. The summed E-state index contributed by atoms with van der Waals surface area (Å²) in [5.41, 5.74) is 0.962. The van der Waals surface area contributed by atoms with E-state index in [1.54, 1.807) is 6.08 Å². The SMILES string of the molecule is C=CCNc1nnc(SCC(=O)NCc2ccc3c(c2)OCO3)s1. The van der Waals surface area contributed by atoms with Gasteiger partial charge in [-0.05, 0) is 17.7 Å². The second-order valence-corrected chi connectivity index (χ2v) is 7.00. The van der Waals surface area contributed by atoms with Crippen LogP contribution in [0.4, 0.5) is 5.13 Å². The molecule has 1 aliphatic heterocycles. The molecule has 1 aromatic heterocycles. The van der Waals surface area contributed by atoms with Gasteiger partial charge in [0.2, 0.25) is 17.8 Å². The van der Waals surface area contributed by atoms with Crippen LogP contribution in [0.3, 0.4) is 0 Å². The molecular weight excluding hydrogens is 348 g/mol. The maximum Gasteiger partial charge on any atom is 0.231 e. The molecule has 3 rings (SSSR count). The number of benzene rings is 1. The smallest absolute Gasteiger partial charge is 0.231 e. The number of fused-ring (bicyclic) bond motifs is 1. The number of rotatable bonds is 8. The van der Waals surface area contributed by atoms with Crippen molar-refractivity contribution in [3.05, 3.63) is 36.4 Å². The molecule has 0 spiro atoms. The van der Waals surface area contributed by atoms with E-state index in [9.17, 15) is 4.79 Å². The first-order chi connectivity index (χ1) is 11.7. The second kappa shape index (κ2) is 8.02. The van der Waals surface area contributed by atoms with Crippen LogP contribution in [0.1, 0.15) is 5.56 Å². The highest BCUT2D eigenvalue weighted by atomic mass is 32.2. The zero-order chi connectivity index (χ0) is 16.8. The predicted molar refractivity (Wildman–Crippen MR) is 93.7 cm³/mol. The quantitative estimate of drug-likeness (QED) is 0.549. The Morgan fingerprint density at radius 2 is 2.25 bits per heavy atom. The fourth-order valence-corrected chi connectivity index (χ4v) is 3.52. The Hall–Kier alpha value is -2.26. The van der Waals surface area contributed by atoms with E-state index in [0.717, 1.165) is 20.8 Å². The first-order valence-electron chi connectivity index (χ1n) is 7.21. The molecule has 0 saturated heterocycles. The van der Waals surface area contributed by atoms with Crippen molar-refractivity contribution >= 4 is 34.1 Å². The Labute approximate surface area is 147 Å². The van der Waals surface area contributed by atoms with Crippen molar-refractivity contribution in [2.24, 2.45) is 0 Å². The minimum absolute atomic E-state index is 0.0616. The van der Waals surface area contributed by atoms with Gasteiger partial charge in [0.05, 0.1) is 5.75 Å². The number of nitrogens with zero attached hydrogens (tertiary/aromatic N) is 2. The Balaban J connectivity index is 1.42. The first kappa shape index (κ1) is 16.6. The van der Waals surface area contributed by atoms with Gasteiger partial charge in [0.25, 0.3) is 0 Å². The molecule has 0 atom stereocenters. The maximum atomic E-state index is 11.9. The van der Waals surface area contributed by atoms with Gasteiger partial charge >= 0.3 is 0 Å². The third-order valence-corrected chi connectivity index (χ3v) is 5.07. The molecule has 9 heteroatoms. The third-order valence-electron chi connectivity index (χ3n) is 3.06. The Bertz CT molecular complexity index is 735. The second-order valence-electron chi connectivity index (χ2n) is 4.80. The summed E-state index contributed by atoms with van der Waals surface area (Å²) >= 11 is 2.77. The molecule has 0 bridgehead atoms.